The maximum Gasteiger partial charge on any atom is 0.311 e. The van der Waals surface area contributed by atoms with Gasteiger partial charge >= 0.3 is 5.97 Å². The zero-order valence-corrected chi connectivity index (χ0v) is 33.3. The molecule has 5 aliphatic rings. The minimum Gasteiger partial charge on any atom is -0.504 e. The van der Waals surface area contributed by atoms with Crippen molar-refractivity contribution >= 4 is 5.97 Å². The largest absolute Gasteiger partial charge is 0.504 e. The minimum absolute atomic E-state index is 0.0460. The Labute approximate surface area is 339 Å². The number of nitrogens with one attached hydrogen (secondary N) is 2. The first-order valence-corrected chi connectivity index (χ1v) is 20.6. The number of phenolic OH excluding ortho intramolecular Hbond substituents is 2. The van der Waals surface area contributed by atoms with Crippen molar-refractivity contribution in [3.63, 3.8) is 0 Å². The topological polar surface area (TPSA) is 225 Å². The third kappa shape index (κ3) is 7.72. The van der Waals surface area contributed by atoms with Crippen LogP contribution in [0, 0.1) is 28.6 Å². The van der Waals surface area contributed by atoms with Gasteiger partial charge in [-0.1, -0.05) is 37.1 Å². The van der Waals surface area contributed by atoms with Crippen LogP contribution >= 0.6 is 0 Å². The van der Waals surface area contributed by atoms with Gasteiger partial charge < -0.3 is 66.0 Å². The predicted molar refractivity (Wildman–Crippen MR) is 214 cm³/mol. The molecule has 14 nitrogen and oxygen atoms in total. The number of rotatable bonds is 14. The summed E-state index contributed by atoms with van der Waals surface area (Å²) in [5.41, 5.74) is 7.61. The van der Waals surface area contributed by atoms with E-state index in [9.17, 15) is 35.4 Å². The second-order valence-corrected chi connectivity index (χ2v) is 16.8. The molecule has 7 rings (SSSR count). The van der Waals surface area contributed by atoms with Gasteiger partial charge in [-0.25, -0.2) is 0 Å². The third-order valence-electron chi connectivity index (χ3n) is 13.6. The number of carboxylic acid groups (broad SMARTS) is 1. The van der Waals surface area contributed by atoms with Crippen LogP contribution in [0.15, 0.2) is 66.0 Å². The van der Waals surface area contributed by atoms with Gasteiger partial charge in [0, 0.05) is 42.5 Å². The molecule has 0 unspecified atom stereocenters. The van der Waals surface area contributed by atoms with Gasteiger partial charge in [-0.05, 0) is 104 Å². The predicted octanol–water partition coefficient (Wildman–Crippen LogP) is 4.15. The Morgan fingerprint density at radius 1 is 1.03 bits per heavy atom. The molecule has 3 aliphatic heterocycles. The zero-order chi connectivity index (χ0) is 41.2. The summed E-state index contributed by atoms with van der Waals surface area (Å²) in [5, 5.41) is 70.3. The normalized spacial score (nSPS) is 31.5. The number of aryl methyl sites for hydroxylation is 1. The summed E-state index contributed by atoms with van der Waals surface area (Å²) in [6.45, 7) is 1.98. The fourth-order valence-electron chi connectivity index (χ4n) is 11.3. The average Bonchev–Trinajstić information content (AvgIpc) is 3.84. The first-order chi connectivity index (χ1) is 27.9. The van der Waals surface area contributed by atoms with E-state index in [-0.39, 0.29) is 65.8 Å². The van der Waals surface area contributed by atoms with E-state index in [0.29, 0.717) is 37.2 Å². The van der Waals surface area contributed by atoms with Crippen LogP contribution in [0.5, 0.6) is 28.7 Å². The molecule has 2 aliphatic carbocycles. The van der Waals surface area contributed by atoms with Crippen molar-refractivity contribution in [3.05, 3.63) is 77.2 Å². The Bertz CT molecular complexity index is 1890. The molecular formula is C44H59N3O11. The summed E-state index contributed by atoms with van der Waals surface area (Å²) in [4.78, 5) is 13.4. The van der Waals surface area contributed by atoms with Gasteiger partial charge in [0.25, 0.3) is 0 Å². The summed E-state index contributed by atoms with van der Waals surface area (Å²) in [7, 11) is 1.45. The molecule has 2 aromatic rings. The van der Waals surface area contributed by atoms with Crippen molar-refractivity contribution in [2.45, 2.75) is 95.1 Å². The quantitative estimate of drug-likeness (QED) is 0.0967. The molecule has 1 saturated carbocycles. The molecule has 0 aromatic heterocycles. The Hall–Kier alpha value is -4.47. The van der Waals surface area contributed by atoms with Crippen LogP contribution in [0.25, 0.3) is 0 Å². The maximum atomic E-state index is 13.4. The van der Waals surface area contributed by atoms with E-state index in [2.05, 4.69) is 29.7 Å². The molecular weight excluding hydrogens is 746 g/mol. The number of phenols is 2. The summed E-state index contributed by atoms with van der Waals surface area (Å²) in [6.07, 6.45) is 12.3. The number of hydrogen-bond acceptors (Lipinski definition) is 13. The monoisotopic (exact) mass is 805 g/mol. The maximum absolute atomic E-state index is 13.4. The van der Waals surface area contributed by atoms with Crippen molar-refractivity contribution in [1.82, 2.24) is 10.6 Å². The molecule has 3 heterocycles. The number of ether oxygens (including phenoxy) is 4. The van der Waals surface area contributed by atoms with Gasteiger partial charge in [-0.3, -0.25) is 4.79 Å². The second-order valence-electron chi connectivity index (χ2n) is 16.8. The van der Waals surface area contributed by atoms with E-state index >= 15 is 0 Å². The van der Waals surface area contributed by atoms with Crippen molar-refractivity contribution in [3.8, 4) is 28.7 Å². The van der Waals surface area contributed by atoms with Crippen LogP contribution in [-0.4, -0.2) is 94.6 Å². The number of dihydropyridines is 1. The van der Waals surface area contributed by atoms with E-state index in [4.69, 9.17) is 24.7 Å². The Morgan fingerprint density at radius 3 is 2.52 bits per heavy atom. The number of aromatic hydroxyl groups is 2. The standard InChI is InChI=1S/C44H59N3O11/c1-25-22-43(13-3-4-14-43)44(31(8-9-32(44)42(53)54)27-11-15-46-39(45)20-27)38(47-25)23-56-37-19-28(18-36(55-2)40(37)52)41-30(12-16-48)34(51)21-29(58-41)7-5-26-6-10-33(50)35(17-26)57-24-49/h6,8-11,17-20,25,29-32,34,38,41,46-52H,3-5,7,12-16,21-24,45H2,1-2H3,(H,53,54)/t25-,29+,30-,31-,32-,34+,38+,41-,44-/m1/s1. The number of allylic oxidation sites excluding steroid dienone is 3. The molecule has 2 aromatic carbocycles. The van der Waals surface area contributed by atoms with Gasteiger partial charge in [0.05, 0.1) is 37.2 Å². The van der Waals surface area contributed by atoms with Crippen LogP contribution in [0.4, 0.5) is 0 Å². The van der Waals surface area contributed by atoms with Crippen molar-refractivity contribution < 1.29 is 54.4 Å². The third-order valence-corrected chi connectivity index (χ3v) is 13.6. The number of nitrogens with two attached hydrogens (primary N) is 1. The number of piperidine rings is 1. The number of aliphatic carboxylic acids is 1. The summed E-state index contributed by atoms with van der Waals surface area (Å²) in [5.74, 6) is -1.73. The van der Waals surface area contributed by atoms with Crippen molar-refractivity contribution in [2.75, 3.05) is 33.7 Å². The second kappa shape index (κ2) is 17.4. The van der Waals surface area contributed by atoms with Crippen LogP contribution in [0.3, 0.4) is 0 Å². The molecule has 14 heteroatoms. The number of methoxy groups -OCH3 is 1. The number of hydrogen-bond donors (Lipinski definition) is 9. The first kappa shape index (κ1) is 41.7. The van der Waals surface area contributed by atoms with Gasteiger partial charge in [0.15, 0.2) is 29.8 Å². The minimum atomic E-state index is -0.883. The highest BCUT2D eigenvalue weighted by Gasteiger charge is 2.68. The molecule has 2 spiro atoms. The lowest BCUT2D eigenvalue weighted by molar-refractivity contribution is -0.160. The Kier molecular flexibility index (Phi) is 12.5. The summed E-state index contributed by atoms with van der Waals surface area (Å²) >= 11 is 0. The highest BCUT2D eigenvalue weighted by molar-refractivity contribution is 5.75. The van der Waals surface area contributed by atoms with Gasteiger partial charge in [0.1, 0.15) is 6.61 Å². The fraction of sp³-hybridized carbons (Fsp3) is 0.568. The van der Waals surface area contributed by atoms with Crippen molar-refractivity contribution in [1.29, 1.82) is 0 Å². The van der Waals surface area contributed by atoms with Gasteiger partial charge in [-0.2, -0.15) is 0 Å². The number of aliphatic hydroxyl groups excluding tert-OH is 3. The van der Waals surface area contributed by atoms with E-state index in [1.165, 1.54) is 13.2 Å². The number of benzene rings is 2. The lowest BCUT2D eigenvalue weighted by Crippen LogP contribution is -2.69. The number of aliphatic hydroxyl groups is 3. The van der Waals surface area contributed by atoms with E-state index in [1.54, 1.807) is 24.3 Å². The molecule has 0 amide bonds. The van der Waals surface area contributed by atoms with Crippen LogP contribution in [0.1, 0.15) is 75.5 Å². The summed E-state index contributed by atoms with van der Waals surface area (Å²) in [6, 6.07) is 7.91. The molecule has 0 bridgehead atoms. The molecule has 58 heavy (non-hydrogen) atoms. The first-order valence-electron chi connectivity index (χ1n) is 20.6. The smallest absolute Gasteiger partial charge is 0.311 e. The van der Waals surface area contributed by atoms with E-state index < -0.39 is 54.4 Å². The lowest BCUT2D eigenvalue weighted by atomic mass is 9.46. The zero-order valence-electron chi connectivity index (χ0n) is 33.3. The molecule has 316 valence electrons. The molecule has 2 saturated heterocycles. The van der Waals surface area contributed by atoms with Gasteiger partial charge in [-0.15, -0.1) is 0 Å². The van der Waals surface area contributed by atoms with Crippen LogP contribution in [0.2, 0.25) is 0 Å². The van der Waals surface area contributed by atoms with Crippen molar-refractivity contribution in [2.24, 2.45) is 34.3 Å². The Morgan fingerprint density at radius 2 is 1.81 bits per heavy atom. The number of fused-ring (bicyclic) bond motifs is 1. The fourth-order valence-corrected chi connectivity index (χ4v) is 11.3. The van der Waals surface area contributed by atoms with Gasteiger partial charge in [0.2, 0.25) is 5.75 Å². The number of carbonyl (C=O) groups is 1. The molecule has 9 atom stereocenters. The highest BCUT2D eigenvalue weighted by Crippen LogP contribution is 2.68. The molecule has 0 radical (unpaired) electrons. The lowest BCUT2D eigenvalue weighted by Gasteiger charge is -2.61. The van der Waals surface area contributed by atoms with Crippen LogP contribution < -0.4 is 30.6 Å². The SMILES string of the molecule is COc1cc([C@H]2O[C@@H](CCc3ccc(O)c(OCO)c3)C[C@H](O)[C@H]2CCO)cc(OC[C@@H]2N[C@H](C)CC3(CCCC3)[C@]23[C@@H](C(=O)O)C=C[C@@H]3C2=CCNC(N)=C2)c1O. The van der Waals surface area contributed by atoms with E-state index in [0.717, 1.165) is 43.2 Å². The molecule has 3 fully saturated rings. The summed E-state index contributed by atoms with van der Waals surface area (Å²) < 4.78 is 24.2. The highest BCUT2D eigenvalue weighted by atomic mass is 16.6. The average molecular weight is 806 g/mol. The number of carboxylic acids is 1. The Balaban J connectivity index is 1.21. The van der Waals surface area contributed by atoms with Crippen LogP contribution in [-0.2, 0) is 16.0 Å². The molecule has 10 N–H and O–H groups in total. The van der Waals surface area contributed by atoms with E-state index in [1.807, 2.05) is 12.2 Å².